The number of piperidine rings is 1. The van der Waals surface area contributed by atoms with Gasteiger partial charge in [0, 0.05) is 30.1 Å². The summed E-state index contributed by atoms with van der Waals surface area (Å²) in [6, 6.07) is 28.4. The highest BCUT2D eigenvalue weighted by Gasteiger charge is 2.36. The van der Waals surface area contributed by atoms with Crippen LogP contribution in [0.1, 0.15) is 42.4 Å². The van der Waals surface area contributed by atoms with Crippen LogP contribution < -0.4 is 10.9 Å². The van der Waals surface area contributed by atoms with Gasteiger partial charge in [-0.1, -0.05) is 84.4 Å². The Morgan fingerprint density at radius 2 is 1.54 bits per heavy atom. The van der Waals surface area contributed by atoms with E-state index >= 15 is 0 Å². The number of alkyl halides is 1. The maximum Gasteiger partial charge on any atom is 0.421 e. The van der Waals surface area contributed by atoms with Crippen LogP contribution in [0.4, 0.5) is 4.79 Å². The van der Waals surface area contributed by atoms with E-state index < -0.39 is 11.7 Å². The number of hydrogen-bond acceptors (Lipinski definition) is 5. The first-order valence-electron chi connectivity index (χ1n) is 13.5. The van der Waals surface area contributed by atoms with Crippen LogP contribution in [0.3, 0.4) is 0 Å². The number of carbonyl (C=O) groups excluding carboxylic acids is 1. The van der Waals surface area contributed by atoms with Gasteiger partial charge in [-0.05, 0) is 61.1 Å². The third-order valence-electron chi connectivity index (χ3n) is 7.69. The Bertz CT molecular complexity index is 1120. The van der Waals surface area contributed by atoms with Gasteiger partial charge in [-0.25, -0.2) is 10.2 Å². The van der Waals surface area contributed by atoms with Gasteiger partial charge < -0.3 is 14.7 Å². The zero-order valence-electron chi connectivity index (χ0n) is 22.1. The molecule has 208 valence electrons. The fourth-order valence-corrected chi connectivity index (χ4v) is 5.70. The number of rotatable bonds is 12. The maximum absolute atomic E-state index is 12.1. The monoisotopic (exact) mass is 569 g/mol. The first-order chi connectivity index (χ1) is 18.9. The number of nitrogens with one attached hydrogen (secondary N) is 2. The predicted molar refractivity (Wildman–Crippen MR) is 157 cm³/mol. The predicted octanol–water partition coefficient (Wildman–Crippen LogP) is 5.86. The van der Waals surface area contributed by atoms with Gasteiger partial charge in [0.15, 0.2) is 0 Å². The summed E-state index contributed by atoms with van der Waals surface area (Å²) in [6.07, 6.45) is 2.64. The molecule has 0 bridgehead atoms. The van der Waals surface area contributed by atoms with Gasteiger partial charge in [0.25, 0.3) is 0 Å². The van der Waals surface area contributed by atoms with Crippen molar-refractivity contribution in [3.63, 3.8) is 0 Å². The van der Waals surface area contributed by atoms with Crippen molar-refractivity contribution in [2.24, 2.45) is 0 Å². The Balaban J connectivity index is 1.44. The zero-order valence-corrected chi connectivity index (χ0v) is 23.6. The van der Waals surface area contributed by atoms with Crippen molar-refractivity contribution in [3.8, 4) is 0 Å². The van der Waals surface area contributed by atoms with Crippen LogP contribution in [0.5, 0.6) is 0 Å². The number of ether oxygens (including phenoxy) is 1. The van der Waals surface area contributed by atoms with Crippen LogP contribution in [0.15, 0.2) is 84.9 Å². The van der Waals surface area contributed by atoms with Gasteiger partial charge >= 0.3 is 6.09 Å². The van der Waals surface area contributed by atoms with Crippen molar-refractivity contribution in [2.45, 2.75) is 36.7 Å². The number of hydrazine groups is 1. The summed E-state index contributed by atoms with van der Waals surface area (Å²) in [5, 5.41) is 11.9. The number of hydrogen-bond donors (Lipinski definition) is 3. The average molecular weight is 571 g/mol. The van der Waals surface area contributed by atoms with E-state index in [1.54, 1.807) is 0 Å². The second-order valence-electron chi connectivity index (χ2n) is 10.1. The SMILES string of the molecule is O=C(NNCC(CCCN1CCC(O)(c2ccc(Cl)cc2)CC1)(c1ccccc1)c1ccccc1)OCCCl. The van der Waals surface area contributed by atoms with Gasteiger partial charge in [-0.2, -0.15) is 0 Å². The molecule has 1 fully saturated rings. The maximum atomic E-state index is 12.1. The first kappa shape index (κ1) is 29.4. The van der Waals surface area contributed by atoms with E-state index in [1.807, 2.05) is 36.4 Å². The molecular formula is C31H37Cl2N3O3. The number of halogens is 2. The molecule has 0 unspecified atom stereocenters. The van der Waals surface area contributed by atoms with Gasteiger partial charge in [-0.15, -0.1) is 11.6 Å². The molecule has 0 spiro atoms. The molecule has 4 rings (SSSR count). The third kappa shape index (κ3) is 7.74. The quantitative estimate of drug-likeness (QED) is 0.188. The van der Waals surface area contributed by atoms with E-state index in [-0.39, 0.29) is 17.9 Å². The molecule has 3 N–H and O–H groups in total. The van der Waals surface area contributed by atoms with Gasteiger partial charge in [0.2, 0.25) is 0 Å². The summed E-state index contributed by atoms with van der Waals surface area (Å²) in [7, 11) is 0. The topological polar surface area (TPSA) is 73.8 Å². The lowest BCUT2D eigenvalue weighted by Gasteiger charge is -2.40. The van der Waals surface area contributed by atoms with E-state index in [4.69, 9.17) is 27.9 Å². The number of benzene rings is 3. The van der Waals surface area contributed by atoms with Crippen LogP contribution in [-0.4, -0.2) is 54.8 Å². The lowest BCUT2D eigenvalue weighted by atomic mass is 9.71. The standard InChI is InChI=1S/C31H37Cl2N3O3/c32-19-23-39-29(37)35-34-24-30(25-8-3-1-4-9-25,26-10-5-2-6-11-26)16-7-20-36-21-17-31(38,18-22-36)27-12-14-28(33)15-13-27/h1-6,8-15,34,38H,7,16-24H2,(H,35,37). The summed E-state index contributed by atoms with van der Waals surface area (Å²) in [5.41, 5.74) is 7.89. The van der Waals surface area contributed by atoms with Crippen LogP contribution in [0.2, 0.25) is 5.02 Å². The van der Waals surface area contributed by atoms with Crippen molar-refractivity contribution in [2.75, 3.05) is 38.7 Å². The Morgan fingerprint density at radius 3 is 2.10 bits per heavy atom. The summed E-state index contributed by atoms with van der Waals surface area (Å²) in [4.78, 5) is 14.5. The lowest BCUT2D eigenvalue weighted by molar-refractivity contribution is -0.0262. The van der Waals surface area contributed by atoms with E-state index in [0.29, 0.717) is 24.4 Å². The fourth-order valence-electron chi connectivity index (χ4n) is 5.50. The van der Waals surface area contributed by atoms with Crippen LogP contribution in [-0.2, 0) is 15.8 Å². The molecule has 6 nitrogen and oxygen atoms in total. The molecule has 39 heavy (non-hydrogen) atoms. The van der Waals surface area contributed by atoms with Crippen LogP contribution in [0, 0.1) is 0 Å². The molecule has 3 aromatic carbocycles. The molecule has 0 saturated carbocycles. The highest BCUT2D eigenvalue weighted by Crippen LogP contribution is 2.37. The molecule has 8 heteroatoms. The number of likely N-dealkylation sites (tertiary alicyclic amines) is 1. The van der Waals surface area contributed by atoms with Crippen LogP contribution >= 0.6 is 23.2 Å². The van der Waals surface area contributed by atoms with Crippen molar-refractivity contribution < 1.29 is 14.6 Å². The largest absolute Gasteiger partial charge is 0.447 e. The van der Waals surface area contributed by atoms with Gasteiger partial charge in [0.05, 0.1) is 11.5 Å². The van der Waals surface area contributed by atoms with Crippen molar-refractivity contribution in [3.05, 3.63) is 107 Å². The Kier molecular flexibility index (Phi) is 10.7. The molecule has 3 aromatic rings. The molecule has 1 saturated heterocycles. The second-order valence-corrected chi connectivity index (χ2v) is 10.9. The molecule has 1 aliphatic rings. The normalized spacial score (nSPS) is 15.6. The van der Waals surface area contributed by atoms with Gasteiger partial charge in [0.1, 0.15) is 6.61 Å². The lowest BCUT2D eigenvalue weighted by Crippen LogP contribution is -2.48. The Labute approximate surface area is 241 Å². The highest BCUT2D eigenvalue weighted by atomic mass is 35.5. The summed E-state index contributed by atoms with van der Waals surface area (Å²) in [5.74, 6) is 0.249. The molecular weight excluding hydrogens is 533 g/mol. The number of nitrogens with zero attached hydrogens (tertiary/aromatic N) is 1. The molecule has 1 amide bonds. The Hall–Kier alpha value is -2.61. The van der Waals surface area contributed by atoms with E-state index in [1.165, 1.54) is 11.1 Å². The van der Waals surface area contributed by atoms with E-state index in [2.05, 4.69) is 64.3 Å². The minimum atomic E-state index is -0.813. The minimum absolute atomic E-state index is 0.153. The fraction of sp³-hybridized carbons (Fsp3) is 0.387. The van der Waals surface area contributed by atoms with E-state index in [0.717, 1.165) is 38.0 Å². The van der Waals surface area contributed by atoms with Crippen molar-refractivity contribution >= 4 is 29.3 Å². The molecule has 0 aromatic heterocycles. The number of carbonyl (C=O) groups is 1. The van der Waals surface area contributed by atoms with Gasteiger partial charge in [-0.3, -0.25) is 5.43 Å². The molecule has 0 aliphatic carbocycles. The third-order valence-corrected chi connectivity index (χ3v) is 8.09. The summed E-state index contributed by atoms with van der Waals surface area (Å²) < 4.78 is 5.05. The Morgan fingerprint density at radius 1 is 0.949 bits per heavy atom. The van der Waals surface area contributed by atoms with E-state index in [9.17, 15) is 9.90 Å². The highest BCUT2D eigenvalue weighted by molar-refractivity contribution is 6.30. The molecule has 0 atom stereocenters. The zero-order chi connectivity index (χ0) is 27.6. The average Bonchev–Trinajstić information content (AvgIpc) is 2.97. The minimum Gasteiger partial charge on any atom is -0.447 e. The second kappa shape index (κ2) is 14.1. The first-order valence-corrected chi connectivity index (χ1v) is 14.4. The smallest absolute Gasteiger partial charge is 0.421 e. The molecule has 1 aliphatic heterocycles. The number of aliphatic hydroxyl groups is 1. The van der Waals surface area contributed by atoms with Crippen LogP contribution in [0.25, 0.3) is 0 Å². The number of amides is 1. The molecule has 0 radical (unpaired) electrons. The summed E-state index contributed by atoms with van der Waals surface area (Å²) in [6.45, 7) is 3.22. The molecule has 1 heterocycles. The summed E-state index contributed by atoms with van der Waals surface area (Å²) >= 11 is 11.7. The van der Waals surface area contributed by atoms with Crippen molar-refractivity contribution in [1.82, 2.24) is 15.8 Å². The van der Waals surface area contributed by atoms with Crippen molar-refractivity contribution in [1.29, 1.82) is 0 Å².